The van der Waals surface area contributed by atoms with Crippen molar-refractivity contribution in [2.45, 2.75) is 6.92 Å². The Labute approximate surface area is 164 Å². The Hall–Kier alpha value is -3.66. The van der Waals surface area contributed by atoms with Crippen LogP contribution in [0.15, 0.2) is 95.6 Å². The zero-order chi connectivity index (χ0) is 19.3. The number of amides is 1. The average Bonchev–Trinajstić information content (AvgIpc) is 3.07. The molecule has 4 nitrogen and oxygen atoms in total. The number of ether oxygens (including phenoxy) is 1. The van der Waals surface area contributed by atoms with E-state index in [4.69, 9.17) is 4.74 Å². The summed E-state index contributed by atoms with van der Waals surface area (Å²) in [7, 11) is 0. The van der Waals surface area contributed by atoms with E-state index in [9.17, 15) is 4.79 Å². The van der Waals surface area contributed by atoms with Gasteiger partial charge in [0.25, 0.3) is 5.91 Å². The lowest BCUT2D eigenvalue weighted by Crippen LogP contribution is -2.21. The molecule has 0 saturated heterocycles. The van der Waals surface area contributed by atoms with Crippen molar-refractivity contribution >= 4 is 23.4 Å². The summed E-state index contributed by atoms with van der Waals surface area (Å²) in [6.07, 6.45) is 1.86. The summed E-state index contributed by atoms with van der Waals surface area (Å²) >= 11 is 0. The Morgan fingerprint density at radius 1 is 0.893 bits per heavy atom. The van der Waals surface area contributed by atoms with Crippen molar-refractivity contribution in [3.63, 3.8) is 0 Å². The van der Waals surface area contributed by atoms with Gasteiger partial charge in [-0.15, -0.1) is 0 Å². The third kappa shape index (κ3) is 3.45. The zero-order valence-electron chi connectivity index (χ0n) is 15.6. The van der Waals surface area contributed by atoms with Gasteiger partial charge >= 0.3 is 0 Å². The topological polar surface area (TPSA) is 41.9 Å². The summed E-state index contributed by atoms with van der Waals surface area (Å²) < 4.78 is 5.73. The van der Waals surface area contributed by atoms with Gasteiger partial charge in [0, 0.05) is 11.1 Å². The fourth-order valence-electron chi connectivity index (χ4n) is 3.14. The van der Waals surface area contributed by atoms with E-state index >= 15 is 0 Å². The van der Waals surface area contributed by atoms with Gasteiger partial charge in [0.05, 0.1) is 17.9 Å². The lowest BCUT2D eigenvalue weighted by Gasteiger charge is -2.11. The number of anilines is 1. The predicted molar refractivity (Wildman–Crippen MR) is 112 cm³/mol. The van der Waals surface area contributed by atoms with Crippen LogP contribution in [0.25, 0.3) is 6.08 Å². The molecular weight excluding hydrogens is 348 g/mol. The van der Waals surface area contributed by atoms with Crippen molar-refractivity contribution in [3.8, 4) is 5.75 Å². The van der Waals surface area contributed by atoms with Gasteiger partial charge in [-0.1, -0.05) is 66.7 Å². The summed E-state index contributed by atoms with van der Waals surface area (Å²) in [4.78, 5) is 13.3. The molecule has 0 bridgehead atoms. The number of carbonyl (C=O) groups excluding carboxylic acids is 1. The number of hydrogen-bond acceptors (Lipinski definition) is 3. The van der Waals surface area contributed by atoms with Crippen molar-refractivity contribution in [2.75, 3.05) is 11.6 Å². The molecule has 0 atom stereocenters. The highest BCUT2D eigenvalue weighted by Crippen LogP contribution is 2.29. The lowest BCUT2D eigenvalue weighted by atomic mass is 10.00. The van der Waals surface area contributed by atoms with E-state index in [1.165, 1.54) is 5.01 Å². The fourth-order valence-corrected chi connectivity index (χ4v) is 3.14. The van der Waals surface area contributed by atoms with Gasteiger partial charge in [-0.2, -0.15) is 10.1 Å². The van der Waals surface area contributed by atoms with Gasteiger partial charge in [0.2, 0.25) is 0 Å². The molecule has 4 heteroatoms. The Balaban J connectivity index is 1.83. The first-order chi connectivity index (χ1) is 13.8. The van der Waals surface area contributed by atoms with Crippen LogP contribution in [0.4, 0.5) is 5.69 Å². The van der Waals surface area contributed by atoms with Crippen molar-refractivity contribution in [2.24, 2.45) is 5.10 Å². The van der Waals surface area contributed by atoms with Crippen LogP contribution >= 0.6 is 0 Å². The van der Waals surface area contributed by atoms with E-state index in [0.717, 1.165) is 22.6 Å². The smallest absolute Gasteiger partial charge is 0.281 e. The third-order valence-corrected chi connectivity index (χ3v) is 4.44. The van der Waals surface area contributed by atoms with Gasteiger partial charge in [0.1, 0.15) is 11.5 Å². The Bertz CT molecular complexity index is 1040. The number of hydrogen-bond donors (Lipinski definition) is 0. The van der Waals surface area contributed by atoms with Crippen LogP contribution in [0.1, 0.15) is 18.1 Å². The minimum atomic E-state index is -0.156. The Morgan fingerprint density at radius 2 is 1.54 bits per heavy atom. The largest absolute Gasteiger partial charge is 0.493 e. The lowest BCUT2D eigenvalue weighted by molar-refractivity contribution is -0.114. The molecule has 1 aliphatic heterocycles. The molecule has 1 amide bonds. The van der Waals surface area contributed by atoms with E-state index in [1.54, 1.807) is 0 Å². The molecule has 138 valence electrons. The quantitative estimate of drug-likeness (QED) is 0.600. The van der Waals surface area contributed by atoms with E-state index in [-0.39, 0.29) is 5.91 Å². The minimum Gasteiger partial charge on any atom is -0.493 e. The Morgan fingerprint density at radius 3 is 2.25 bits per heavy atom. The van der Waals surface area contributed by atoms with Crippen LogP contribution in [0.5, 0.6) is 5.75 Å². The molecule has 28 heavy (non-hydrogen) atoms. The number of para-hydroxylation sites is 2. The average molecular weight is 368 g/mol. The molecule has 0 spiro atoms. The second-order valence-electron chi connectivity index (χ2n) is 6.30. The SMILES string of the molecule is CCOc1ccccc1/C=C1\C(=O)N(c2ccccc2)N=C1c1ccccc1. The fraction of sp³-hybridized carbons (Fsp3) is 0.0833. The normalized spacial score (nSPS) is 15.0. The van der Waals surface area contributed by atoms with E-state index in [2.05, 4.69) is 5.10 Å². The Kier molecular flexibility index (Phi) is 5.02. The van der Waals surface area contributed by atoms with Crippen LogP contribution in [0.2, 0.25) is 0 Å². The molecule has 1 aliphatic rings. The maximum absolute atomic E-state index is 13.3. The van der Waals surface area contributed by atoms with Gasteiger partial charge in [0.15, 0.2) is 0 Å². The van der Waals surface area contributed by atoms with Crippen LogP contribution in [0.3, 0.4) is 0 Å². The van der Waals surface area contributed by atoms with Gasteiger partial charge in [-0.3, -0.25) is 4.79 Å². The standard InChI is InChI=1S/C24H20N2O2/c1-2-28-22-16-10-9-13-19(22)17-21-23(18-11-5-3-6-12-18)25-26(24(21)27)20-14-7-4-8-15-20/h3-17H,2H2,1H3/b21-17-. The highest BCUT2D eigenvalue weighted by Gasteiger charge is 2.32. The first kappa shape index (κ1) is 17.7. The summed E-state index contributed by atoms with van der Waals surface area (Å²) in [6, 6.07) is 26.9. The van der Waals surface area contributed by atoms with E-state index in [0.29, 0.717) is 17.9 Å². The predicted octanol–water partition coefficient (Wildman–Crippen LogP) is 4.92. The van der Waals surface area contributed by atoms with Gasteiger partial charge in [-0.05, 0) is 31.2 Å². The molecule has 0 aromatic heterocycles. The number of carbonyl (C=O) groups is 1. The monoisotopic (exact) mass is 368 g/mol. The number of hydrazone groups is 1. The summed E-state index contributed by atoms with van der Waals surface area (Å²) in [5.74, 6) is 0.590. The van der Waals surface area contributed by atoms with Crippen molar-refractivity contribution in [1.82, 2.24) is 0 Å². The molecule has 1 heterocycles. The molecule has 0 fully saturated rings. The number of benzene rings is 3. The van der Waals surface area contributed by atoms with E-state index < -0.39 is 0 Å². The van der Waals surface area contributed by atoms with Gasteiger partial charge in [-0.25, -0.2) is 0 Å². The minimum absolute atomic E-state index is 0.156. The summed E-state index contributed by atoms with van der Waals surface area (Å²) in [6.45, 7) is 2.50. The van der Waals surface area contributed by atoms with Crippen LogP contribution < -0.4 is 9.75 Å². The van der Waals surface area contributed by atoms with Crippen molar-refractivity contribution in [1.29, 1.82) is 0 Å². The van der Waals surface area contributed by atoms with Gasteiger partial charge < -0.3 is 4.74 Å². The number of rotatable bonds is 5. The maximum Gasteiger partial charge on any atom is 0.281 e. The zero-order valence-corrected chi connectivity index (χ0v) is 15.6. The second kappa shape index (κ2) is 7.92. The highest BCUT2D eigenvalue weighted by molar-refractivity contribution is 6.37. The first-order valence-electron chi connectivity index (χ1n) is 9.25. The third-order valence-electron chi connectivity index (χ3n) is 4.44. The molecule has 4 rings (SSSR count). The first-order valence-corrected chi connectivity index (χ1v) is 9.25. The molecule has 3 aromatic rings. The van der Waals surface area contributed by atoms with Crippen molar-refractivity contribution < 1.29 is 9.53 Å². The molecule has 3 aromatic carbocycles. The highest BCUT2D eigenvalue weighted by atomic mass is 16.5. The molecule has 0 aliphatic carbocycles. The molecule has 0 N–H and O–H groups in total. The summed E-state index contributed by atoms with van der Waals surface area (Å²) in [5.41, 5.74) is 3.69. The van der Waals surface area contributed by atoms with Crippen LogP contribution in [-0.4, -0.2) is 18.2 Å². The van der Waals surface area contributed by atoms with Crippen LogP contribution in [-0.2, 0) is 4.79 Å². The number of nitrogens with zero attached hydrogens (tertiary/aromatic N) is 2. The van der Waals surface area contributed by atoms with Crippen LogP contribution in [0, 0.1) is 0 Å². The second-order valence-corrected chi connectivity index (χ2v) is 6.30. The molecular formula is C24H20N2O2. The van der Waals surface area contributed by atoms with Crippen molar-refractivity contribution in [3.05, 3.63) is 102 Å². The maximum atomic E-state index is 13.3. The van der Waals surface area contributed by atoms with E-state index in [1.807, 2.05) is 97.9 Å². The molecule has 0 saturated carbocycles. The molecule has 0 radical (unpaired) electrons. The summed E-state index contributed by atoms with van der Waals surface area (Å²) in [5, 5.41) is 6.11. The molecule has 0 unspecified atom stereocenters.